The van der Waals surface area contributed by atoms with Crippen molar-refractivity contribution in [3.8, 4) is 0 Å². The van der Waals surface area contributed by atoms with E-state index in [-0.39, 0.29) is 6.04 Å². The van der Waals surface area contributed by atoms with Gasteiger partial charge in [0.2, 0.25) is 0 Å². The number of rotatable bonds is 6. The van der Waals surface area contributed by atoms with Crippen LogP contribution in [0, 0.1) is 5.92 Å². The molecule has 0 amide bonds. The van der Waals surface area contributed by atoms with Crippen LogP contribution in [-0.2, 0) is 9.84 Å². The average Bonchev–Trinajstić information content (AvgIpc) is 2.34. The molecule has 0 aromatic heterocycles. The fraction of sp³-hybridized carbons (Fsp3) is 0.538. The number of nitrogens with two attached hydrogens (primary N) is 1. The first-order chi connectivity index (χ1) is 9.54. The van der Waals surface area contributed by atoms with Crippen molar-refractivity contribution in [1.82, 2.24) is 0 Å². The van der Waals surface area contributed by atoms with E-state index in [4.69, 9.17) is 5.73 Å². The van der Waals surface area contributed by atoms with E-state index in [1.807, 2.05) is 13.8 Å². The van der Waals surface area contributed by atoms with Gasteiger partial charge in [-0.25, -0.2) is 8.42 Å². The van der Waals surface area contributed by atoms with Crippen molar-refractivity contribution in [3.63, 3.8) is 0 Å². The quantitative estimate of drug-likeness (QED) is 0.844. The molecule has 0 saturated carbocycles. The molecule has 1 aromatic carbocycles. The Bertz CT molecular complexity index is 554. The second-order valence-corrected chi connectivity index (χ2v) is 7.19. The maximum Gasteiger partial charge on any atom is 0.501 e. The molecule has 0 aliphatic carbocycles. The summed E-state index contributed by atoms with van der Waals surface area (Å²) in [5.41, 5.74) is 1.10. The van der Waals surface area contributed by atoms with E-state index in [1.54, 1.807) is 0 Å². The summed E-state index contributed by atoms with van der Waals surface area (Å²) in [6.45, 7) is 4.54. The molecule has 0 radical (unpaired) electrons. The fourth-order valence-electron chi connectivity index (χ4n) is 1.82. The molecule has 4 nitrogen and oxygen atoms in total. The van der Waals surface area contributed by atoms with Crippen LogP contribution in [0.15, 0.2) is 29.2 Å². The summed E-state index contributed by atoms with van der Waals surface area (Å²) in [7, 11) is -5.29. The van der Waals surface area contributed by atoms with Crippen LogP contribution < -0.4 is 11.1 Å². The summed E-state index contributed by atoms with van der Waals surface area (Å²) in [4.78, 5) is -0.771. The van der Waals surface area contributed by atoms with Crippen LogP contribution in [0.3, 0.4) is 0 Å². The molecule has 1 unspecified atom stereocenters. The van der Waals surface area contributed by atoms with Crippen molar-refractivity contribution >= 4 is 15.5 Å². The predicted octanol–water partition coefficient (Wildman–Crippen LogP) is 2.77. The lowest BCUT2D eigenvalue weighted by Gasteiger charge is -2.16. The van der Waals surface area contributed by atoms with E-state index in [1.165, 1.54) is 12.1 Å². The molecule has 0 bridgehead atoms. The highest BCUT2D eigenvalue weighted by molar-refractivity contribution is 7.92. The molecule has 1 rings (SSSR count). The largest absolute Gasteiger partial charge is 0.501 e. The molecule has 0 spiro atoms. The van der Waals surface area contributed by atoms with Crippen LogP contribution >= 0.6 is 0 Å². The molecule has 3 N–H and O–H groups in total. The minimum absolute atomic E-state index is 0.0800. The molecule has 0 saturated heterocycles. The maximum atomic E-state index is 12.4. The van der Waals surface area contributed by atoms with Gasteiger partial charge in [-0.3, -0.25) is 0 Å². The van der Waals surface area contributed by atoms with Gasteiger partial charge in [-0.05, 0) is 36.6 Å². The lowest BCUT2D eigenvalue weighted by atomic mass is 10.0. The van der Waals surface area contributed by atoms with Gasteiger partial charge < -0.3 is 11.1 Å². The van der Waals surface area contributed by atoms with E-state index >= 15 is 0 Å². The summed E-state index contributed by atoms with van der Waals surface area (Å²) >= 11 is 0. The van der Waals surface area contributed by atoms with Crippen LogP contribution in [0.1, 0.15) is 20.3 Å². The predicted molar refractivity (Wildman–Crippen MR) is 75.6 cm³/mol. The van der Waals surface area contributed by atoms with Gasteiger partial charge in [0, 0.05) is 18.3 Å². The maximum absolute atomic E-state index is 12.4. The van der Waals surface area contributed by atoms with E-state index in [0.29, 0.717) is 18.2 Å². The topological polar surface area (TPSA) is 72.2 Å². The molecule has 0 aliphatic rings. The summed E-state index contributed by atoms with van der Waals surface area (Å²) in [6.07, 6.45) is 0.813. The number of anilines is 1. The zero-order chi connectivity index (χ0) is 16.3. The third-order valence-corrected chi connectivity index (χ3v) is 4.31. The van der Waals surface area contributed by atoms with Crippen molar-refractivity contribution in [3.05, 3.63) is 24.3 Å². The number of sulfone groups is 1. The first-order valence-electron chi connectivity index (χ1n) is 6.45. The molecule has 0 heterocycles. The Morgan fingerprint density at radius 1 is 1.19 bits per heavy atom. The minimum Gasteiger partial charge on any atom is -0.383 e. The van der Waals surface area contributed by atoms with Gasteiger partial charge in [0.1, 0.15) is 0 Å². The van der Waals surface area contributed by atoms with E-state index < -0.39 is 20.2 Å². The molecule has 1 atom stereocenters. The van der Waals surface area contributed by atoms with Gasteiger partial charge in [0.25, 0.3) is 9.84 Å². The molecule has 8 heteroatoms. The molecular weight excluding hydrogens is 305 g/mol. The zero-order valence-electron chi connectivity index (χ0n) is 11.8. The van der Waals surface area contributed by atoms with Gasteiger partial charge in [0.15, 0.2) is 0 Å². The molecule has 120 valence electrons. The summed E-state index contributed by atoms with van der Waals surface area (Å²) in [5, 5.41) is 2.97. The van der Waals surface area contributed by atoms with Crippen LogP contribution in [0.5, 0.6) is 0 Å². The second kappa shape index (κ2) is 6.65. The highest BCUT2D eigenvalue weighted by atomic mass is 32.2. The lowest BCUT2D eigenvalue weighted by Crippen LogP contribution is -2.30. The average molecular weight is 324 g/mol. The van der Waals surface area contributed by atoms with Crippen molar-refractivity contribution in [2.75, 3.05) is 11.9 Å². The van der Waals surface area contributed by atoms with Crippen LogP contribution in [0.4, 0.5) is 18.9 Å². The summed E-state index contributed by atoms with van der Waals surface area (Å²) < 4.78 is 59.5. The number of alkyl halides is 3. The van der Waals surface area contributed by atoms with Gasteiger partial charge in [-0.2, -0.15) is 13.2 Å². The van der Waals surface area contributed by atoms with E-state index in [0.717, 1.165) is 18.6 Å². The third-order valence-electron chi connectivity index (χ3n) is 2.81. The highest BCUT2D eigenvalue weighted by Crippen LogP contribution is 2.30. The molecular formula is C13H19F3N2O2S. The Morgan fingerprint density at radius 2 is 1.71 bits per heavy atom. The van der Waals surface area contributed by atoms with Crippen molar-refractivity contribution in [2.45, 2.75) is 36.7 Å². The van der Waals surface area contributed by atoms with Crippen molar-refractivity contribution in [2.24, 2.45) is 11.7 Å². The Labute approximate surface area is 122 Å². The van der Waals surface area contributed by atoms with Crippen molar-refractivity contribution in [1.29, 1.82) is 0 Å². The zero-order valence-corrected chi connectivity index (χ0v) is 12.6. The summed E-state index contributed by atoms with van der Waals surface area (Å²) in [5.74, 6) is 0.445. The smallest absolute Gasteiger partial charge is 0.383 e. The minimum atomic E-state index is -5.29. The molecule has 1 aromatic rings. The molecule has 0 fully saturated rings. The molecule has 0 aliphatic heterocycles. The molecule has 21 heavy (non-hydrogen) atoms. The number of nitrogens with one attached hydrogen (secondary N) is 1. The number of hydrogen-bond donors (Lipinski definition) is 2. The van der Waals surface area contributed by atoms with E-state index in [2.05, 4.69) is 5.32 Å². The van der Waals surface area contributed by atoms with Crippen LogP contribution in [0.2, 0.25) is 0 Å². The standard InChI is InChI=1S/C13H19F3N2O2S/c1-9(2)7-10(17)8-18-11-3-5-12(6-4-11)21(19,20)13(14,15)16/h3-6,9-10,18H,7-8,17H2,1-2H3. The number of benzene rings is 1. The first kappa shape index (κ1) is 17.8. The van der Waals surface area contributed by atoms with Gasteiger partial charge in [-0.15, -0.1) is 0 Å². The number of halogens is 3. The van der Waals surface area contributed by atoms with Crippen molar-refractivity contribution < 1.29 is 21.6 Å². The van der Waals surface area contributed by atoms with E-state index in [9.17, 15) is 21.6 Å². The van der Waals surface area contributed by atoms with Crippen LogP contribution in [-0.4, -0.2) is 26.5 Å². The second-order valence-electron chi connectivity index (χ2n) is 5.24. The van der Waals surface area contributed by atoms with Gasteiger partial charge >= 0.3 is 5.51 Å². The summed E-state index contributed by atoms with van der Waals surface area (Å²) in [6, 6.07) is 4.36. The SMILES string of the molecule is CC(C)CC(N)CNc1ccc(S(=O)(=O)C(F)(F)F)cc1. The monoisotopic (exact) mass is 324 g/mol. The third kappa shape index (κ3) is 4.89. The first-order valence-corrected chi connectivity index (χ1v) is 7.93. The Balaban J connectivity index is 2.72. The van der Waals surface area contributed by atoms with Gasteiger partial charge in [-0.1, -0.05) is 13.8 Å². The fourth-order valence-corrected chi connectivity index (χ4v) is 2.58. The normalized spacial score (nSPS) is 14.2. The lowest BCUT2D eigenvalue weighted by molar-refractivity contribution is -0.0436. The number of hydrogen-bond acceptors (Lipinski definition) is 4. The highest BCUT2D eigenvalue weighted by Gasteiger charge is 2.46. The van der Waals surface area contributed by atoms with Gasteiger partial charge in [0.05, 0.1) is 4.90 Å². The Kier molecular flexibility index (Phi) is 5.63. The van der Waals surface area contributed by atoms with Crippen LogP contribution in [0.25, 0.3) is 0 Å². The Morgan fingerprint density at radius 3 is 2.14 bits per heavy atom. The Hall–Kier alpha value is -1.28.